The summed E-state index contributed by atoms with van der Waals surface area (Å²) < 4.78 is 0. The molecule has 0 aliphatic rings. The maximum absolute atomic E-state index is 7.88. The third-order valence-corrected chi connectivity index (χ3v) is 0. The van der Waals surface area contributed by atoms with Gasteiger partial charge in [0.2, 0.25) is 0 Å². The first-order chi connectivity index (χ1) is 2.83. The van der Waals surface area contributed by atoms with Crippen molar-refractivity contribution in [2.24, 2.45) is 0 Å². The van der Waals surface area contributed by atoms with Crippen LogP contribution in [0.4, 0.5) is 0 Å². The monoisotopic (exact) mass is 144 g/mol. The van der Waals surface area contributed by atoms with Gasteiger partial charge in [-0.05, 0) is 0 Å². The molecule has 0 aliphatic carbocycles. The van der Waals surface area contributed by atoms with Crippen LogP contribution in [-0.4, -0.2) is 0 Å². The molecule has 0 unspecified atom stereocenters. The molecule has 0 bridgehead atoms. The number of hydrogen-bond donors (Lipinski definition) is 0. The SMILES string of the molecule is [O-]O[O-].[O-]O[O-].[Ti+4]. The first kappa shape index (κ1) is 15.6. The van der Waals surface area contributed by atoms with Gasteiger partial charge in [0, 0.05) is 0 Å². The third kappa shape index (κ3) is 576. The Hall–Kier alpha value is 0.474. The Balaban J connectivity index is -0.0000000400. The average molecular weight is 144 g/mol. The predicted molar refractivity (Wildman–Crippen MR) is 2.17 cm³/mol. The normalized spacial score (nSPS) is 5.14. The molecule has 0 fully saturated rings. The van der Waals surface area contributed by atoms with E-state index < -0.39 is 0 Å². The molecule has 0 radical (unpaired) electrons. The molecule has 0 aromatic heterocycles. The zero-order chi connectivity index (χ0) is 5.41. The van der Waals surface area contributed by atoms with Crippen LogP contribution < -0.4 is 21.0 Å². The second-order valence-electron chi connectivity index (χ2n) is 0.136. The summed E-state index contributed by atoms with van der Waals surface area (Å²) in [5.74, 6) is 0. The Kier molecular flexibility index (Phi) is 70.9. The van der Waals surface area contributed by atoms with E-state index in [1.165, 1.54) is 0 Å². The van der Waals surface area contributed by atoms with E-state index in [1.807, 2.05) is 0 Å². The second kappa shape index (κ2) is 31.7. The van der Waals surface area contributed by atoms with Crippen LogP contribution in [0.2, 0.25) is 0 Å². The van der Waals surface area contributed by atoms with Crippen molar-refractivity contribution in [3.63, 3.8) is 0 Å². The third-order valence-electron chi connectivity index (χ3n) is 0. The van der Waals surface area contributed by atoms with Gasteiger partial charge in [0.15, 0.2) is 0 Å². The molecular weight excluding hydrogens is 144 g/mol. The van der Waals surface area contributed by atoms with Crippen molar-refractivity contribution < 1.29 is 52.8 Å². The van der Waals surface area contributed by atoms with Crippen LogP contribution in [0.5, 0.6) is 0 Å². The summed E-state index contributed by atoms with van der Waals surface area (Å²) in [5.41, 5.74) is 0. The van der Waals surface area contributed by atoms with Crippen molar-refractivity contribution in [3.05, 3.63) is 0 Å². The van der Waals surface area contributed by atoms with Gasteiger partial charge in [-0.25, -0.2) is 0 Å². The Labute approximate surface area is 53.5 Å². The fourth-order valence-corrected chi connectivity index (χ4v) is 0. The number of rotatable bonds is 0. The minimum Gasteiger partial charge on any atom is -0.734 e. The van der Waals surface area contributed by atoms with Crippen LogP contribution in [0.1, 0.15) is 0 Å². The molecule has 6 nitrogen and oxygen atoms in total. The summed E-state index contributed by atoms with van der Waals surface area (Å²) in [5, 5.41) is 35.0. The van der Waals surface area contributed by atoms with Crippen molar-refractivity contribution in [3.8, 4) is 0 Å². The van der Waals surface area contributed by atoms with Crippen LogP contribution in [-0.2, 0) is 31.8 Å². The van der Waals surface area contributed by atoms with Crippen LogP contribution >= 0.6 is 0 Å². The summed E-state index contributed by atoms with van der Waals surface area (Å²) in [6.07, 6.45) is 0. The van der Waals surface area contributed by atoms with E-state index >= 15 is 0 Å². The topological polar surface area (TPSA) is 111 Å². The van der Waals surface area contributed by atoms with Crippen LogP contribution in [0, 0.1) is 0 Å². The Morgan fingerprint density at radius 1 is 0.714 bits per heavy atom. The second-order valence-corrected chi connectivity index (χ2v) is 0.136. The zero-order valence-electron chi connectivity index (χ0n) is 2.95. The molecular formula is O6Ti. The van der Waals surface area contributed by atoms with Gasteiger partial charge in [0.1, 0.15) is 0 Å². The van der Waals surface area contributed by atoms with Gasteiger partial charge in [0.05, 0.1) is 0 Å². The average Bonchev–Trinajstić information content (AvgIpc) is 1.39. The first-order valence-electron chi connectivity index (χ1n) is 0.667. The van der Waals surface area contributed by atoms with Gasteiger partial charge >= 0.3 is 21.7 Å². The minimum absolute atomic E-state index is 0. The molecule has 0 rings (SSSR count). The van der Waals surface area contributed by atoms with Gasteiger partial charge in [-0.2, -0.15) is 0 Å². The molecule has 0 saturated carbocycles. The molecule has 0 spiro atoms. The van der Waals surface area contributed by atoms with Gasteiger partial charge in [-0.1, -0.05) is 0 Å². The standard InChI is InChI=1S/2H2O3.Ti/c2*1-3-2;/h2*1-2H;/q;;+4/p-4. The van der Waals surface area contributed by atoms with E-state index in [1.54, 1.807) is 10.1 Å². The smallest absolute Gasteiger partial charge is 0.734 e. The summed E-state index contributed by atoms with van der Waals surface area (Å²) >= 11 is 0. The summed E-state index contributed by atoms with van der Waals surface area (Å²) in [6, 6.07) is 0. The van der Waals surface area contributed by atoms with Crippen molar-refractivity contribution >= 4 is 0 Å². The van der Waals surface area contributed by atoms with E-state index in [-0.39, 0.29) is 21.7 Å². The molecule has 7 heteroatoms. The van der Waals surface area contributed by atoms with Crippen LogP contribution in [0.25, 0.3) is 0 Å². The fraction of sp³-hybridized carbons (Fsp3) is 0. The largest absolute Gasteiger partial charge is 4.00 e. The van der Waals surface area contributed by atoms with Crippen LogP contribution in [0.3, 0.4) is 0 Å². The Morgan fingerprint density at radius 2 is 0.714 bits per heavy atom. The maximum Gasteiger partial charge on any atom is 4.00 e. The molecule has 0 amide bonds. The molecule has 0 aromatic carbocycles. The summed E-state index contributed by atoms with van der Waals surface area (Å²) in [7, 11) is 0. The van der Waals surface area contributed by atoms with Gasteiger partial charge in [-0.15, -0.1) is 0 Å². The molecule has 0 heterocycles. The summed E-state index contributed by atoms with van der Waals surface area (Å²) in [6.45, 7) is 0. The van der Waals surface area contributed by atoms with Gasteiger partial charge in [-0.3, -0.25) is 0 Å². The van der Waals surface area contributed by atoms with Crippen molar-refractivity contribution in [2.75, 3.05) is 0 Å². The van der Waals surface area contributed by atoms with E-state index in [4.69, 9.17) is 21.0 Å². The van der Waals surface area contributed by atoms with Crippen molar-refractivity contribution in [1.29, 1.82) is 0 Å². The Morgan fingerprint density at radius 3 is 0.714 bits per heavy atom. The van der Waals surface area contributed by atoms with E-state index in [2.05, 4.69) is 0 Å². The first-order valence-corrected chi connectivity index (χ1v) is 0.667. The van der Waals surface area contributed by atoms with E-state index in [0.717, 1.165) is 0 Å². The van der Waals surface area contributed by atoms with Gasteiger partial charge < -0.3 is 31.1 Å². The number of hydrogen-bond acceptors (Lipinski definition) is 6. The van der Waals surface area contributed by atoms with Crippen LogP contribution in [0.15, 0.2) is 0 Å². The molecule has 40 valence electrons. The molecule has 7 heavy (non-hydrogen) atoms. The molecule has 0 aliphatic heterocycles. The Bertz CT molecular complexity index is 6.14. The molecule has 0 N–H and O–H groups in total. The predicted octanol–water partition coefficient (Wildman–Crippen LogP) is -4.90. The van der Waals surface area contributed by atoms with Gasteiger partial charge in [0.25, 0.3) is 0 Å². The minimum atomic E-state index is 0. The zero-order valence-corrected chi connectivity index (χ0v) is 4.51. The van der Waals surface area contributed by atoms with Crippen molar-refractivity contribution in [1.82, 2.24) is 0 Å². The quantitative estimate of drug-likeness (QED) is 0.191. The maximum atomic E-state index is 7.88. The fourth-order valence-electron chi connectivity index (χ4n) is 0. The van der Waals surface area contributed by atoms with E-state index in [9.17, 15) is 0 Å². The molecule has 0 aromatic rings. The summed E-state index contributed by atoms with van der Waals surface area (Å²) in [4.78, 5) is 0. The molecule has 0 saturated heterocycles. The molecule has 0 atom stereocenters. The van der Waals surface area contributed by atoms with E-state index in [0.29, 0.717) is 0 Å². The van der Waals surface area contributed by atoms with Crippen molar-refractivity contribution in [2.45, 2.75) is 0 Å².